The maximum Gasteiger partial charge on any atom is 0.323 e. The zero-order valence-corrected chi connectivity index (χ0v) is 20.7. The van der Waals surface area contributed by atoms with Crippen LogP contribution in [0.15, 0.2) is 97.2 Å². The fraction of sp³-hybridized carbons (Fsp3) is 0.103. The molecule has 0 aliphatic carbocycles. The maximum atomic E-state index is 14.4. The standard InChI is InChI=1S/C29H23ClFN5O/c1-19-23-18-35(29(37)32-25-14-6-5-13-24(25)30)27(20-9-7-10-21(31)17-20)26-15-8-16-34(26)28(23)36(33-19)22-11-3-2-4-12-22/h2-17,27H,18H2,1H3,(H,32,37). The molecule has 0 spiro atoms. The van der Waals surface area contributed by atoms with Gasteiger partial charge in [0.05, 0.1) is 40.4 Å². The highest BCUT2D eigenvalue weighted by atomic mass is 35.5. The molecule has 0 fully saturated rings. The third-order valence-electron chi connectivity index (χ3n) is 6.63. The number of aromatic nitrogens is 3. The van der Waals surface area contributed by atoms with Crippen molar-refractivity contribution in [2.24, 2.45) is 0 Å². The van der Waals surface area contributed by atoms with Gasteiger partial charge in [0.2, 0.25) is 0 Å². The summed E-state index contributed by atoms with van der Waals surface area (Å²) in [6, 6.07) is 26.3. The second-order valence-corrected chi connectivity index (χ2v) is 9.34. The van der Waals surface area contributed by atoms with Crippen molar-refractivity contribution in [2.75, 3.05) is 5.32 Å². The monoisotopic (exact) mass is 511 g/mol. The van der Waals surface area contributed by atoms with E-state index in [1.807, 2.05) is 77.0 Å². The van der Waals surface area contributed by atoms with Gasteiger partial charge < -0.3 is 14.8 Å². The van der Waals surface area contributed by atoms with E-state index in [9.17, 15) is 9.18 Å². The number of benzene rings is 3. The van der Waals surface area contributed by atoms with Crippen LogP contribution in [0, 0.1) is 12.7 Å². The van der Waals surface area contributed by atoms with E-state index in [1.165, 1.54) is 12.1 Å². The first-order valence-corrected chi connectivity index (χ1v) is 12.3. The van der Waals surface area contributed by atoms with Crippen LogP contribution in [0.4, 0.5) is 14.9 Å². The second-order valence-electron chi connectivity index (χ2n) is 8.93. The maximum absolute atomic E-state index is 14.4. The zero-order valence-electron chi connectivity index (χ0n) is 20.0. The molecule has 2 amide bonds. The summed E-state index contributed by atoms with van der Waals surface area (Å²) >= 11 is 6.35. The summed E-state index contributed by atoms with van der Waals surface area (Å²) < 4.78 is 18.4. The Labute approximate surface area is 218 Å². The highest BCUT2D eigenvalue weighted by Gasteiger charge is 2.36. The lowest BCUT2D eigenvalue weighted by atomic mass is 10.0. The number of carbonyl (C=O) groups excluding carboxylic acids is 1. The molecule has 2 aromatic heterocycles. The molecule has 1 aliphatic rings. The molecule has 5 aromatic rings. The molecule has 6 nitrogen and oxygen atoms in total. The van der Waals surface area contributed by atoms with Gasteiger partial charge >= 0.3 is 6.03 Å². The number of rotatable bonds is 3. The number of anilines is 1. The Kier molecular flexibility index (Phi) is 5.77. The quantitative estimate of drug-likeness (QED) is 0.286. The Morgan fingerprint density at radius 1 is 1.00 bits per heavy atom. The first kappa shape index (κ1) is 23.1. The van der Waals surface area contributed by atoms with E-state index >= 15 is 0 Å². The Bertz CT molecular complexity index is 1610. The van der Waals surface area contributed by atoms with Crippen LogP contribution in [-0.2, 0) is 6.54 Å². The predicted molar refractivity (Wildman–Crippen MR) is 142 cm³/mol. The zero-order chi connectivity index (χ0) is 25.5. The number of amides is 2. The third-order valence-corrected chi connectivity index (χ3v) is 6.96. The fourth-order valence-corrected chi connectivity index (χ4v) is 5.11. The molecule has 1 N–H and O–H groups in total. The largest absolute Gasteiger partial charge is 0.323 e. The van der Waals surface area contributed by atoms with Crippen LogP contribution in [0.3, 0.4) is 0 Å². The molecule has 184 valence electrons. The molecule has 6 rings (SSSR count). The molecule has 37 heavy (non-hydrogen) atoms. The molecule has 0 saturated heterocycles. The van der Waals surface area contributed by atoms with Crippen LogP contribution in [0.25, 0.3) is 11.5 Å². The molecular formula is C29H23ClFN5O. The SMILES string of the molecule is Cc1nn(-c2ccccc2)c2c1CN(C(=O)Nc1ccccc1Cl)C(c1cccc(F)c1)c1cccn1-2. The van der Waals surface area contributed by atoms with E-state index in [4.69, 9.17) is 16.7 Å². The fourth-order valence-electron chi connectivity index (χ4n) is 4.93. The van der Waals surface area contributed by atoms with Crippen molar-refractivity contribution in [3.63, 3.8) is 0 Å². The lowest BCUT2D eigenvalue weighted by molar-refractivity contribution is 0.194. The van der Waals surface area contributed by atoms with E-state index in [0.717, 1.165) is 28.5 Å². The molecule has 3 heterocycles. The Morgan fingerprint density at radius 3 is 2.57 bits per heavy atom. The number of nitrogens with zero attached hydrogens (tertiary/aromatic N) is 4. The van der Waals surface area contributed by atoms with Gasteiger partial charge in [-0.05, 0) is 61.0 Å². The van der Waals surface area contributed by atoms with Crippen molar-refractivity contribution in [1.82, 2.24) is 19.2 Å². The molecule has 0 radical (unpaired) electrons. The van der Waals surface area contributed by atoms with Crippen LogP contribution in [0.1, 0.15) is 28.6 Å². The molecule has 3 aromatic carbocycles. The van der Waals surface area contributed by atoms with Gasteiger partial charge in [0.1, 0.15) is 11.6 Å². The average Bonchev–Trinajstić information content (AvgIpc) is 3.46. The summed E-state index contributed by atoms with van der Waals surface area (Å²) in [5, 5.41) is 8.24. The molecule has 8 heteroatoms. The highest BCUT2D eigenvalue weighted by molar-refractivity contribution is 6.33. The number of nitrogens with one attached hydrogen (secondary N) is 1. The van der Waals surface area contributed by atoms with Crippen molar-refractivity contribution < 1.29 is 9.18 Å². The topological polar surface area (TPSA) is 55.1 Å². The molecule has 1 atom stereocenters. The number of carbonyl (C=O) groups is 1. The number of para-hydroxylation sites is 2. The van der Waals surface area contributed by atoms with Gasteiger partial charge in [-0.3, -0.25) is 0 Å². The third kappa shape index (κ3) is 4.07. The minimum atomic E-state index is -0.566. The number of aryl methyl sites for hydroxylation is 1. The summed E-state index contributed by atoms with van der Waals surface area (Å²) in [5.41, 5.74) is 4.59. The smallest absolute Gasteiger partial charge is 0.307 e. The molecule has 0 bridgehead atoms. The van der Waals surface area contributed by atoms with E-state index in [-0.39, 0.29) is 18.4 Å². The Balaban J connectivity index is 1.55. The summed E-state index contributed by atoms with van der Waals surface area (Å²) in [5.74, 6) is 0.480. The number of halogens is 2. The highest BCUT2D eigenvalue weighted by Crippen LogP contribution is 2.39. The van der Waals surface area contributed by atoms with Crippen molar-refractivity contribution in [3.8, 4) is 11.5 Å². The molecule has 1 aliphatic heterocycles. The van der Waals surface area contributed by atoms with Gasteiger partial charge in [-0.1, -0.05) is 54.1 Å². The summed E-state index contributed by atoms with van der Waals surface area (Å²) in [6.45, 7) is 2.20. The molecule has 0 saturated carbocycles. The van der Waals surface area contributed by atoms with Gasteiger partial charge in [0.25, 0.3) is 0 Å². The van der Waals surface area contributed by atoms with Crippen LogP contribution in [0.2, 0.25) is 5.02 Å². The lowest BCUT2D eigenvalue weighted by Crippen LogP contribution is -2.38. The van der Waals surface area contributed by atoms with Gasteiger partial charge in [0, 0.05) is 11.8 Å². The number of hydrogen-bond donors (Lipinski definition) is 1. The predicted octanol–water partition coefficient (Wildman–Crippen LogP) is 6.90. The van der Waals surface area contributed by atoms with Crippen LogP contribution in [-0.4, -0.2) is 25.3 Å². The lowest BCUT2D eigenvalue weighted by Gasteiger charge is -2.31. The van der Waals surface area contributed by atoms with Gasteiger partial charge in [0.15, 0.2) is 0 Å². The van der Waals surface area contributed by atoms with Crippen LogP contribution >= 0.6 is 11.6 Å². The van der Waals surface area contributed by atoms with Crippen molar-refractivity contribution >= 4 is 23.3 Å². The van der Waals surface area contributed by atoms with Gasteiger partial charge in [-0.25, -0.2) is 13.9 Å². The summed E-state index contributed by atoms with van der Waals surface area (Å²) in [4.78, 5) is 15.6. The minimum Gasteiger partial charge on any atom is -0.307 e. The van der Waals surface area contributed by atoms with Gasteiger partial charge in [-0.2, -0.15) is 5.10 Å². The first-order valence-electron chi connectivity index (χ1n) is 11.9. The van der Waals surface area contributed by atoms with E-state index in [0.29, 0.717) is 16.3 Å². The molecular weight excluding hydrogens is 489 g/mol. The van der Waals surface area contributed by atoms with Crippen LogP contribution in [0.5, 0.6) is 0 Å². The number of fused-ring (bicyclic) bond motifs is 3. The summed E-state index contributed by atoms with van der Waals surface area (Å²) in [7, 11) is 0. The average molecular weight is 512 g/mol. The second kappa shape index (κ2) is 9.26. The summed E-state index contributed by atoms with van der Waals surface area (Å²) in [6.07, 6.45) is 1.95. The van der Waals surface area contributed by atoms with Crippen molar-refractivity contribution in [2.45, 2.75) is 19.5 Å². The first-order chi connectivity index (χ1) is 18.0. The minimum absolute atomic E-state index is 0.257. The Morgan fingerprint density at radius 2 is 1.78 bits per heavy atom. The molecule has 1 unspecified atom stereocenters. The van der Waals surface area contributed by atoms with Gasteiger partial charge in [-0.15, -0.1) is 0 Å². The van der Waals surface area contributed by atoms with E-state index in [1.54, 1.807) is 29.2 Å². The number of hydrogen-bond acceptors (Lipinski definition) is 2. The van der Waals surface area contributed by atoms with Crippen molar-refractivity contribution in [3.05, 3.63) is 131 Å². The number of urea groups is 1. The van der Waals surface area contributed by atoms with Crippen LogP contribution < -0.4 is 5.32 Å². The Hall–Kier alpha value is -4.36. The van der Waals surface area contributed by atoms with Crippen molar-refractivity contribution in [1.29, 1.82) is 0 Å². The normalized spacial score (nSPS) is 14.6. The van der Waals surface area contributed by atoms with E-state index < -0.39 is 6.04 Å². The van der Waals surface area contributed by atoms with E-state index in [2.05, 4.69) is 5.32 Å².